The topological polar surface area (TPSA) is 32.8 Å². The van der Waals surface area contributed by atoms with E-state index in [1.54, 1.807) is 0 Å². The summed E-state index contributed by atoms with van der Waals surface area (Å²) >= 11 is 0. The van der Waals surface area contributed by atoms with E-state index in [-0.39, 0.29) is 5.97 Å². The molecule has 0 aromatic rings. The summed E-state index contributed by atoms with van der Waals surface area (Å²) < 4.78 is 5.10. The molecule has 1 rings (SSSR count). The Bertz CT molecular complexity index is 250. The lowest BCUT2D eigenvalue weighted by atomic mass is 9.94. The minimum atomic E-state index is -0.0540. The molecule has 0 aromatic carbocycles. The van der Waals surface area contributed by atoms with Crippen molar-refractivity contribution in [3.63, 3.8) is 0 Å². The van der Waals surface area contributed by atoms with Gasteiger partial charge < -0.3 is 9.64 Å². The minimum Gasteiger partial charge on any atom is -0.466 e. The molecule has 0 aliphatic carbocycles. The van der Waals surface area contributed by atoms with Crippen molar-refractivity contribution in [2.75, 3.05) is 39.8 Å². The standard InChI is InChI=1S/C14H28N2O2/c1-5-12(3)13(11-14(17)18-6-2)16-9-7-15(4)8-10-16/h12-13H,5-11H2,1-4H3. The van der Waals surface area contributed by atoms with Crippen molar-refractivity contribution in [1.82, 2.24) is 9.80 Å². The van der Waals surface area contributed by atoms with E-state index in [1.165, 1.54) is 0 Å². The maximum atomic E-state index is 11.7. The number of piperazine rings is 1. The van der Waals surface area contributed by atoms with Crippen LogP contribution in [0.15, 0.2) is 0 Å². The fourth-order valence-electron chi connectivity index (χ4n) is 2.51. The molecule has 1 heterocycles. The zero-order chi connectivity index (χ0) is 13.5. The molecular weight excluding hydrogens is 228 g/mol. The van der Waals surface area contributed by atoms with E-state index in [0.29, 0.717) is 25.0 Å². The summed E-state index contributed by atoms with van der Waals surface area (Å²) in [5, 5.41) is 0. The molecule has 2 unspecified atom stereocenters. The second-order valence-electron chi connectivity index (χ2n) is 5.30. The first-order valence-corrected chi connectivity index (χ1v) is 7.16. The first-order chi connectivity index (χ1) is 8.58. The number of carbonyl (C=O) groups is 1. The van der Waals surface area contributed by atoms with Gasteiger partial charge in [0, 0.05) is 32.2 Å². The summed E-state index contributed by atoms with van der Waals surface area (Å²) in [7, 11) is 2.15. The summed E-state index contributed by atoms with van der Waals surface area (Å²) in [6.07, 6.45) is 1.64. The van der Waals surface area contributed by atoms with Crippen molar-refractivity contribution < 1.29 is 9.53 Å². The zero-order valence-corrected chi connectivity index (χ0v) is 12.3. The van der Waals surface area contributed by atoms with Crippen LogP contribution in [-0.4, -0.2) is 61.6 Å². The number of carbonyl (C=O) groups excluding carboxylic acids is 1. The van der Waals surface area contributed by atoms with Crippen LogP contribution in [0.4, 0.5) is 0 Å². The van der Waals surface area contributed by atoms with Gasteiger partial charge in [-0.15, -0.1) is 0 Å². The fourth-order valence-corrected chi connectivity index (χ4v) is 2.51. The molecule has 1 fully saturated rings. The maximum absolute atomic E-state index is 11.7. The molecule has 18 heavy (non-hydrogen) atoms. The average Bonchev–Trinajstić information content (AvgIpc) is 2.36. The highest BCUT2D eigenvalue weighted by Gasteiger charge is 2.28. The molecule has 0 aromatic heterocycles. The predicted molar refractivity (Wildman–Crippen MR) is 73.6 cm³/mol. The number of rotatable bonds is 6. The van der Waals surface area contributed by atoms with E-state index in [4.69, 9.17) is 4.74 Å². The van der Waals surface area contributed by atoms with Crippen molar-refractivity contribution in [2.45, 2.75) is 39.7 Å². The van der Waals surface area contributed by atoms with Crippen LogP contribution in [0.5, 0.6) is 0 Å². The molecule has 0 bridgehead atoms. The third-order valence-corrected chi connectivity index (χ3v) is 3.99. The van der Waals surface area contributed by atoms with Crippen LogP contribution in [0.2, 0.25) is 0 Å². The van der Waals surface area contributed by atoms with E-state index in [9.17, 15) is 4.79 Å². The summed E-state index contributed by atoms with van der Waals surface area (Å²) in [5.74, 6) is 0.486. The van der Waals surface area contributed by atoms with E-state index in [1.807, 2.05) is 6.92 Å². The van der Waals surface area contributed by atoms with Gasteiger partial charge in [-0.1, -0.05) is 20.3 Å². The third kappa shape index (κ3) is 4.58. The van der Waals surface area contributed by atoms with E-state index in [2.05, 4.69) is 30.7 Å². The average molecular weight is 256 g/mol. The van der Waals surface area contributed by atoms with Crippen molar-refractivity contribution >= 4 is 5.97 Å². The van der Waals surface area contributed by atoms with Crippen molar-refractivity contribution in [3.05, 3.63) is 0 Å². The number of esters is 1. The second-order valence-corrected chi connectivity index (χ2v) is 5.30. The molecule has 1 saturated heterocycles. The third-order valence-electron chi connectivity index (χ3n) is 3.99. The van der Waals surface area contributed by atoms with Crippen LogP contribution in [-0.2, 0) is 9.53 Å². The molecule has 106 valence electrons. The largest absolute Gasteiger partial charge is 0.466 e. The van der Waals surface area contributed by atoms with Gasteiger partial charge in [0.05, 0.1) is 13.0 Å². The lowest BCUT2D eigenvalue weighted by Crippen LogP contribution is -2.51. The molecule has 4 nitrogen and oxygen atoms in total. The quantitative estimate of drug-likeness (QED) is 0.676. The molecule has 1 aliphatic heterocycles. The first-order valence-electron chi connectivity index (χ1n) is 7.16. The van der Waals surface area contributed by atoms with E-state index < -0.39 is 0 Å². The summed E-state index contributed by atoms with van der Waals surface area (Å²) in [4.78, 5) is 16.5. The minimum absolute atomic E-state index is 0.0540. The van der Waals surface area contributed by atoms with Gasteiger partial charge in [0.2, 0.25) is 0 Å². The Morgan fingerprint density at radius 3 is 2.33 bits per heavy atom. The van der Waals surface area contributed by atoms with Crippen LogP contribution >= 0.6 is 0 Å². The van der Waals surface area contributed by atoms with E-state index >= 15 is 0 Å². The lowest BCUT2D eigenvalue weighted by Gasteiger charge is -2.40. The Kier molecular flexibility index (Phi) is 6.65. The maximum Gasteiger partial charge on any atom is 0.307 e. The van der Waals surface area contributed by atoms with Gasteiger partial charge in [0.1, 0.15) is 0 Å². The molecule has 0 amide bonds. The van der Waals surface area contributed by atoms with Gasteiger partial charge in [-0.2, -0.15) is 0 Å². The molecule has 4 heteroatoms. The molecular formula is C14H28N2O2. The van der Waals surface area contributed by atoms with Crippen molar-refractivity contribution in [3.8, 4) is 0 Å². The van der Waals surface area contributed by atoms with Gasteiger partial charge in [-0.05, 0) is 19.9 Å². The summed E-state index contributed by atoms with van der Waals surface area (Å²) in [6.45, 7) is 11.1. The molecule has 0 N–H and O–H groups in total. The van der Waals surface area contributed by atoms with Gasteiger partial charge in [0.15, 0.2) is 0 Å². The summed E-state index contributed by atoms with van der Waals surface area (Å²) in [5.41, 5.74) is 0. The Morgan fingerprint density at radius 2 is 1.83 bits per heavy atom. The number of hydrogen-bond donors (Lipinski definition) is 0. The Balaban J connectivity index is 2.57. The number of nitrogens with zero attached hydrogens (tertiary/aromatic N) is 2. The Labute approximate surface area is 111 Å². The highest BCUT2D eigenvalue weighted by atomic mass is 16.5. The predicted octanol–water partition coefficient (Wildman–Crippen LogP) is 1.60. The smallest absolute Gasteiger partial charge is 0.307 e. The number of likely N-dealkylation sites (N-methyl/N-ethyl adjacent to an activating group) is 1. The Hall–Kier alpha value is -0.610. The normalized spacial score (nSPS) is 21.6. The molecule has 0 radical (unpaired) electrons. The number of ether oxygens (including phenoxy) is 1. The molecule has 1 aliphatic rings. The van der Waals surface area contributed by atoms with Crippen LogP contribution in [0.25, 0.3) is 0 Å². The monoisotopic (exact) mass is 256 g/mol. The SMILES string of the molecule is CCOC(=O)CC(C(C)CC)N1CCN(C)CC1. The van der Waals surface area contributed by atoms with Crippen molar-refractivity contribution in [2.24, 2.45) is 5.92 Å². The van der Waals surface area contributed by atoms with Gasteiger partial charge >= 0.3 is 5.97 Å². The molecule has 0 saturated carbocycles. The number of hydrogen-bond acceptors (Lipinski definition) is 4. The van der Waals surface area contributed by atoms with Gasteiger partial charge in [-0.3, -0.25) is 9.69 Å². The first kappa shape index (κ1) is 15.4. The zero-order valence-electron chi connectivity index (χ0n) is 12.3. The Morgan fingerprint density at radius 1 is 1.22 bits per heavy atom. The van der Waals surface area contributed by atoms with E-state index in [0.717, 1.165) is 32.6 Å². The highest BCUT2D eigenvalue weighted by molar-refractivity contribution is 5.70. The lowest BCUT2D eigenvalue weighted by molar-refractivity contribution is -0.145. The summed E-state index contributed by atoms with van der Waals surface area (Å²) in [6, 6.07) is 0.336. The van der Waals surface area contributed by atoms with Crippen LogP contribution in [0, 0.1) is 5.92 Å². The second kappa shape index (κ2) is 7.74. The fraction of sp³-hybridized carbons (Fsp3) is 0.929. The van der Waals surface area contributed by atoms with Gasteiger partial charge in [0.25, 0.3) is 0 Å². The molecule has 2 atom stereocenters. The highest BCUT2D eigenvalue weighted by Crippen LogP contribution is 2.20. The molecule has 0 spiro atoms. The van der Waals surface area contributed by atoms with Crippen molar-refractivity contribution in [1.29, 1.82) is 0 Å². The van der Waals surface area contributed by atoms with Gasteiger partial charge in [-0.25, -0.2) is 0 Å². The van der Waals surface area contributed by atoms with Crippen LogP contribution < -0.4 is 0 Å². The van der Waals surface area contributed by atoms with Crippen LogP contribution in [0.1, 0.15) is 33.6 Å². The van der Waals surface area contributed by atoms with Crippen LogP contribution in [0.3, 0.4) is 0 Å².